The van der Waals surface area contributed by atoms with Crippen LogP contribution in [-0.2, 0) is 14.9 Å². The lowest BCUT2D eigenvalue weighted by molar-refractivity contribution is 0.0834. The van der Waals surface area contributed by atoms with E-state index in [0.717, 1.165) is 16.7 Å². The van der Waals surface area contributed by atoms with E-state index in [1.54, 1.807) is 18.5 Å². The number of aliphatic hydroxyl groups is 1. The predicted octanol–water partition coefficient (Wildman–Crippen LogP) is 3.87. The molecular formula is C29H29BN8O4. The fourth-order valence-electron chi connectivity index (χ4n) is 4.71. The Morgan fingerprint density at radius 1 is 1.00 bits per heavy atom. The van der Waals surface area contributed by atoms with Gasteiger partial charge in [0.25, 0.3) is 5.89 Å². The van der Waals surface area contributed by atoms with Crippen LogP contribution >= 0.6 is 0 Å². The van der Waals surface area contributed by atoms with Crippen LogP contribution in [0.3, 0.4) is 0 Å². The number of hydrogen-bond acceptors (Lipinski definition) is 12. The summed E-state index contributed by atoms with van der Waals surface area (Å²) in [5, 5.41) is 20.8. The van der Waals surface area contributed by atoms with Crippen molar-refractivity contribution in [1.29, 1.82) is 0 Å². The Hall–Kier alpha value is -4.72. The van der Waals surface area contributed by atoms with Gasteiger partial charge in [-0.15, -0.1) is 0 Å². The molecule has 5 aromatic rings. The van der Waals surface area contributed by atoms with Gasteiger partial charge in [0.2, 0.25) is 11.8 Å². The van der Waals surface area contributed by atoms with Gasteiger partial charge in [0.05, 0.1) is 23.9 Å². The van der Waals surface area contributed by atoms with Crippen molar-refractivity contribution in [2.45, 2.75) is 32.4 Å². The second kappa shape index (κ2) is 11.6. The molecule has 0 unspecified atom stereocenters. The Kier molecular flexibility index (Phi) is 7.61. The summed E-state index contributed by atoms with van der Waals surface area (Å²) >= 11 is 0. The number of hydrogen-bond donors (Lipinski definition) is 3. The number of pyridine rings is 2. The minimum absolute atomic E-state index is 0.179. The molecule has 42 heavy (non-hydrogen) atoms. The summed E-state index contributed by atoms with van der Waals surface area (Å²) in [6, 6.07) is 18.3. The summed E-state index contributed by atoms with van der Waals surface area (Å²) in [6.45, 7) is 6.19. The largest absolute Gasteiger partial charge is 0.496 e. The van der Waals surface area contributed by atoms with E-state index in [1.165, 1.54) is 0 Å². The SMILES string of the molecule is CCOB1OC(C)(C)c2nc(Nc3ncc(-c4nc(-c5ccccn5)no4)c(N[C@H](CO)c4ccccc4)n3)ccc21. The van der Waals surface area contributed by atoms with Crippen LogP contribution in [0.4, 0.5) is 17.6 Å². The molecule has 5 heterocycles. The Morgan fingerprint density at radius 3 is 2.60 bits per heavy atom. The number of nitrogens with zero attached hydrogens (tertiary/aromatic N) is 6. The number of rotatable bonds is 10. The van der Waals surface area contributed by atoms with Crippen LogP contribution in [0.2, 0.25) is 0 Å². The number of aromatic nitrogens is 6. The van der Waals surface area contributed by atoms with E-state index in [1.807, 2.05) is 75.4 Å². The molecule has 4 aromatic heterocycles. The first-order valence-corrected chi connectivity index (χ1v) is 13.6. The molecule has 0 radical (unpaired) electrons. The first kappa shape index (κ1) is 27.5. The molecule has 1 aliphatic rings. The maximum absolute atomic E-state index is 10.2. The van der Waals surface area contributed by atoms with E-state index < -0.39 is 18.8 Å². The molecule has 13 heteroatoms. The average molecular weight is 564 g/mol. The normalized spacial score (nSPS) is 14.4. The Bertz CT molecular complexity index is 1670. The lowest BCUT2D eigenvalue weighted by atomic mass is 9.80. The molecule has 0 spiro atoms. The predicted molar refractivity (Wildman–Crippen MR) is 157 cm³/mol. The van der Waals surface area contributed by atoms with Gasteiger partial charge in [-0.05, 0) is 44.5 Å². The number of aliphatic hydroxyl groups excluding tert-OH is 1. The zero-order valence-electron chi connectivity index (χ0n) is 23.4. The van der Waals surface area contributed by atoms with Gasteiger partial charge in [-0.1, -0.05) is 47.6 Å². The Balaban J connectivity index is 1.34. The van der Waals surface area contributed by atoms with Crippen LogP contribution < -0.4 is 16.1 Å². The molecule has 0 saturated heterocycles. The van der Waals surface area contributed by atoms with Crippen LogP contribution in [0, 0.1) is 0 Å². The summed E-state index contributed by atoms with van der Waals surface area (Å²) in [5.41, 5.74) is 2.95. The molecule has 6 rings (SSSR count). The van der Waals surface area contributed by atoms with Crippen molar-refractivity contribution >= 4 is 30.2 Å². The van der Waals surface area contributed by atoms with Gasteiger partial charge >= 0.3 is 7.12 Å². The van der Waals surface area contributed by atoms with Crippen molar-refractivity contribution in [3.8, 4) is 23.0 Å². The van der Waals surface area contributed by atoms with Gasteiger partial charge in [0, 0.05) is 24.5 Å². The molecule has 0 amide bonds. The quantitative estimate of drug-likeness (QED) is 0.211. The third kappa shape index (κ3) is 5.57. The molecular weight excluding hydrogens is 535 g/mol. The molecule has 12 nitrogen and oxygen atoms in total. The lowest BCUT2D eigenvalue weighted by Gasteiger charge is -2.20. The minimum atomic E-state index is -0.627. The molecule has 3 N–H and O–H groups in total. The van der Waals surface area contributed by atoms with Gasteiger partial charge in [-0.25, -0.2) is 9.97 Å². The van der Waals surface area contributed by atoms with Crippen molar-refractivity contribution in [3.05, 3.63) is 84.3 Å². The molecule has 212 valence electrons. The summed E-state index contributed by atoms with van der Waals surface area (Å²) in [5.74, 6) is 1.73. The van der Waals surface area contributed by atoms with Gasteiger partial charge in [0.15, 0.2) is 0 Å². The summed E-state index contributed by atoms with van der Waals surface area (Å²) in [6.07, 6.45) is 3.24. The van der Waals surface area contributed by atoms with Crippen molar-refractivity contribution in [1.82, 2.24) is 30.1 Å². The fraction of sp³-hybridized carbons (Fsp3) is 0.241. The highest BCUT2D eigenvalue weighted by atomic mass is 16.6. The Morgan fingerprint density at radius 2 is 1.83 bits per heavy atom. The molecule has 0 aliphatic carbocycles. The van der Waals surface area contributed by atoms with Gasteiger partial charge < -0.3 is 29.6 Å². The molecule has 0 bridgehead atoms. The third-order valence-electron chi connectivity index (χ3n) is 6.74. The lowest BCUT2D eigenvalue weighted by Crippen LogP contribution is -2.32. The summed E-state index contributed by atoms with van der Waals surface area (Å²) in [7, 11) is -0.466. The molecule has 0 saturated carbocycles. The highest BCUT2D eigenvalue weighted by molar-refractivity contribution is 6.63. The van der Waals surface area contributed by atoms with Crippen LogP contribution in [-0.4, -0.2) is 55.5 Å². The van der Waals surface area contributed by atoms with E-state index in [9.17, 15) is 5.11 Å². The van der Waals surface area contributed by atoms with E-state index in [2.05, 4.69) is 30.7 Å². The second-order valence-corrected chi connectivity index (χ2v) is 10.1. The number of benzene rings is 1. The topological polar surface area (TPSA) is 153 Å². The average Bonchev–Trinajstić information content (AvgIpc) is 3.60. The fourth-order valence-corrected chi connectivity index (χ4v) is 4.71. The maximum Gasteiger partial charge on any atom is 0.496 e. The summed E-state index contributed by atoms with van der Waals surface area (Å²) in [4.78, 5) is 22.9. The van der Waals surface area contributed by atoms with Crippen LogP contribution in [0.15, 0.2) is 77.6 Å². The Labute approximate surface area is 242 Å². The smallest absolute Gasteiger partial charge is 0.408 e. The number of fused-ring (bicyclic) bond motifs is 1. The summed E-state index contributed by atoms with van der Waals surface area (Å²) < 4.78 is 17.4. The number of anilines is 3. The van der Waals surface area contributed by atoms with Gasteiger partial charge in [-0.2, -0.15) is 9.97 Å². The van der Waals surface area contributed by atoms with Crippen LogP contribution in [0.25, 0.3) is 23.0 Å². The third-order valence-corrected chi connectivity index (χ3v) is 6.74. The zero-order chi connectivity index (χ0) is 29.1. The standard InChI is InChI=1S/C29H29BN8O4/c1-4-40-30-20-13-14-23(34-24(20)29(2,3)42-30)35-28-32-16-19(27-36-26(38-41-27)21-12-8-9-15-31-21)25(37-28)33-22(17-39)18-10-6-5-7-11-18/h5-16,22,39H,4,17H2,1-3H3,(H2,32,33,34,35,37)/t22-/m1/s1. The monoisotopic (exact) mass is 564 g/mol. The number of nitrogens with one attached hydrogen (secondary N) is 2. The van der Waals surface area contributed by atoms with E-state index in [-0.39, 0.29) is 18.4 Å². The molecule has 1 atom stereocenters. The van der Waals surface area contributed by atoms with Gasteiger partial charge in [-0.3, -0.25) is 4.98 Å². The highest BCUT2D eigenvalue weighted by Crippen LogP contribution is 2.32. The van der Waals surface area contributed by atoms with Crippen LogP contribution in [0.1, 0.15) is 38.1 Å². The molecule has 1 aromatic carbocycles. The minimum Gasteiger partial charge on any atom is -0.408 e. The van der Waals surface area contributed by atoms with Gasteiger partial charge in [0.1, 0.15) is 22.9 Å². The van der Waals surface area contributed by atoms with Crippen LogP contribution in [0.5, 0.6) is 0 Å². The second-order valence-electron chi connectivity index (χ2n) is 10.1. The highest BCUT2D eigenvalue weighted by Gasteiger charge is 2.44. The van der Waals surface area contributed by atoms with E-state index >= 15 is 0 Å². The molecule has 0 fully saturated rings. The van der Waals surface area contributed by atoms with Crippen molar-refractivity contribution in [3.63, 3.8) is 0 Å². The van der Waals surface area contributed by atoms with E-state index in [4.69, 9.17) is 23.8 Å². The first-order valence-electron chi connectivity index (χ1n) is 13.6. The van der Waals surface area contributed by atoms with E-state index in [0.29, 0.717) is 35.3 Å². The molecule has 1 aliphatic heterocycles. The zero-order valence-corrected chi connectivity index (χ0v) is 23.4. The van der Waals surface area contributed by atoms with Crippen molar-refractivity contribution in [2.24, 2.45) is 0 Å². The first-order chi connectivity index (χ1) is 20.4. The maximum atomic E-state index is 10.2. The van der Waals surface area contributed by atoms with Crippen molar-refractivity contribution in [2.75, 3.05) is 23.8 Å². The van der Waals surface area contributed by atoms with Crippen molar-refractivity contribution < 1.29 is 18.9 Å².